The van der Waals surface area contributed by atoms with E-state index in [9.17, 15) is 4.79 Å². The van der Waals surface area contributed by atoms with E-state index in [1.54, 1.807) is 6.20 Å². The van der Waals surface area contributed by atoms with Crippen molar-refractivity contribution in [1.82, 2.24) is 14.8 Å². The molecule has 0 spiro atoms. The molecule has 2 heterocycles. The Hall–Kier alpha value is -1.69. The van der Waals surface area contributed by atoms with E-state index in [0.717, 1.165) is 5.01 Å². The van der Waals surface area contributed by atoms with Crippen LogP contribution in [0, 0.1) is 0 Å². The van der Waals surface area contributed by atoms with E-state index in [2.05, 4.69) is 10.1 Å². The fraction of sp³-hybridized carbons (Fsp3) is 0.125. The van der Waals surface area contributed by atoms with Gasteiger partial charge in [0.15, 0.2) is 0 Å². The summed E-state index contributed by atoms with van der Waals surface area (Å²) in [7, 11) is 0. The normalized spacial score (nSPS) is 10.3. The Morgan fingerprint density at radius 3 is 3.07 bits per heavy atom. The van der Waals surface area contributed by atoms with Crippen molar-refractivity contribution in [3.05, 3.63) is 39.1 Å². The number of anilines is 1. The number of hydrogen-bond acceptors (Lipinski definition) is 5. The summed E-state index contributed by atoms with van der Waals surface area (Å²) in [6.07, 6.45) is 1.69. The first kappa shape index (κ1) is 8.89. The minimum Gasteiger partial charge on any atom is -0.382 e. The van der Waals surface area contributed by atoms with Gasteiger partial charge in [-0.25, -0.2) is 9.67 Å². The lowest BCUT2D eigenvalue weighted by Gasteiger charge is -2.01. The first-order chi connectivity index (χ1) is 6.75. The fourth-order valence-electron chi connectivity index (χ4n) is 1.04. The summed E-state index contributed by atoms with van der Waals surface area (Å²) in [5, 5.41) is 6.59. The molecule has 5 nitrogen and oxygen atoms in total. The molecule has 0 aliphatic heterocycles. The van der Waals surface area contributed by atoms with Gasteiger partial charge in [0.25, 0.3) is 5.56 Å². The third kappa shape index (κ3) is 1.80. The molecule has 0 radical (unpaired) electrons. The van der Waals surface area contributed by atoms with E-state index in [1.807, 2.05) is 5.38 Å². The van der Waals surface area contributed by atoms with Gasteiger partial charge >= 0.3 is 0 Å². The van der Waals surface area contributed by atoms with Gasteiger partial charge in [0.2, 0.25) is 0 Å². The van der Waals surface area contributed by atoms with Crippen LogP contribution < -0.4 is 11.3 Å². The monoisotopic (exact) mass is 208 g/mol. The van der Waals surface area contributed by atoms with Gasteiger partial charge in [0, 0.05) is 17.6 Å². The van der Waals surface area contributed by atoms with Crippen LogP contribution in [0.3, 0.4) is 0 Å². The van der Waals surface area contributed by atoms with Gasteiger partial charge in [-0.15, -0.1) is 11.3 Å². The van der Waals surface area contributed by atoms with Crippen LogP contribution in [0.2, 0.25) is 0 Å². The molecular formula is C8H8N4OS. The van der Waals surface area contributed by atoms with Gasteiger partial charge in [0.1, 0.15) is 10.8 Å². The van der Waals surface area contributed by atoms with Crippen molar-refractivity contribution in [2.45, 2.75) is 6.54 Å². The molecule has 0 saturated carbocycles. The van der Waals surface area contributed by atoms with Gasteiger partial charge in [0.05, 0.1) is 6.54 Å². The molecule has 0 unspecified atom stereocenters. The molecule has 2 aromatic rings. The maximum Gasteiger partial charge on any atom is 0.267 e. The van der Waals surface area contributed by atoms with Crippen molar-refractivity contribution >= 4 is 17.2 Å². The number of nitrogen functional groups attached to an aromatic ring is 1. The van der Waals surface area contributed by atoms with Gasteiger partial charge in [-0.05, 0) is 6.07 Å². The predicted molar refractivity (Wildman–Crippen MR) is 54.1 cm³/mol. The van der Waals surface area contributed by atoms with E-state index in [0.29, 0.717) is 12.4 Å². The first-order valence-electron chi connectivity index (χ1n) is 3.98. The van der Waals surface area contributed by atoms with E-state index < -0.39 is 0 Å². The zero-order valence-electron chi connectivity index (χ0n) is 7.25. The first-order valence-corrected chi connectivity index (χ1v) is 4.86. The van der Waals surface area contributed by atoms with Crippen LogP contribution >= 0.6 is 11.3 Å². The smallest absolute Gasteiger partial charge is 0.267 e. The Balaban J connectivity index is 2.33. The molecule has 0 amide bonds. The van der Waals surface area contributed by atoms with E-state index in [1.165, 1.54) is 28.2 Å². The summed E-state index contributed by atoms with van der Waals surface area (Å²) in [6, 6.07) is 2.89. The largest absolute Gasteiger partial charge is 0.382 e. The molecule has 0 bridgehead atoms. The molecule has 0 saturated heterocycles. The second-order valence-electron chi connectivity index (χ2n) is 2.68. The second-order valence-corrected chi connectivity index (χ2v) is 3.66. The Kier molecular flexibility index (Phi) is 2.28. The molecule has 2 N–H and O–H groups in total. The fourth-order valence-corrected chi connectivity index (χ4v) is 1.63. The summed E-state index contributed by atoms with van der Waals surface area (Å²) in [6.45, 7) is 0.377. The molecule has 2 aromatic heterocycles. The lowest BCUT2D eigenvalue weighted by molar-refractivity contribution is 0.641. The van der Waals surface area contributed by atoms with Crippen molar-refractivity contribution in [3.8, 4) is 0 Å². The summed E-state index contributed by atoms with van der Waals surface area (Å²) in [4.78, 5) is 15.4. The van der Waals surface area contributed by atoms with E-state index in [-0.39, 0.29) is 5.56 Å². The van der Waals surface area contributed by atoms with Crippen molar-refractivity contribution in [1.29, 1.82) is 0 Å². The Morgan fingerprint density at radius 2 is 2.36 bits per heavy atom. The Bertz CT molecular complexity index is 476. The number of nitrogens with zero attached hydrogens (tertiary/aromatic N) is 3. The number of rotatable bonds is 2. The molecule has 2 rings (SSSR count). The van der Waals surface area contributed by atoms with Gasteiger partial charge in [-0.3, -0.25) is 4.79 Å². The van der Waals surface area contributed by atoms with Crippen LogP contribution in [0.25, 0.3) is 0 Å². The van der Waals surface area contributed by atoms with E-state index in [4.69, 9.17) is 5.73 Å². The topological polar surface area (TPSA) is 73.8 Å². The second kappa shape index (κ2) is 3.59. The molecular weight excluding hydrogens is 200 g/mol. The van der Waals surface area contributed by atoms with Crippen molar-refractivity contribution < 1.29 is 0 Å². The van der Waals surface area contributed by atoms with Crippen molar-refractivity contribution in [3.63, 3.8) is 0 Å². The Morgan fingerprint density at radius 1 is 1.50 bits per heavy atom. The highest BCUT2D eigenvalue weighted by molar-refractivity contribution is 7.09. The molecule has 0 atom stereocenters. The summed E-state index contributed by atoms with van der Waals surface area (Å²) in [5.41, 5.74) is 5.30. The van der Waals surface area contributed by atoms with Crippen LogP contribution in [0.4, 0.5) is 5.82 Å². The zero-order chi connectivity index (χ0) is 9.97. The average molecular weight is 208 g/mol. The number of thiazole rings is 1. The minimum atomic E-state index is -0.172. The van der Waals surface area contributed by atoms with Crippen molar-refractivity contribution in [2.75, 3.05) is 5.73 Å². The molecule has 0 aromatic carbocycles. The average Bonchev–Trinajstić information content (AvgIpc) is 2.64. The van der Waals surface area contributed by atoms with Gasteiger partial charge in [-0.2, -0.15) is 5.10 Å². The third-order valence-corrected chi connectivity index (χ3v) is 2.42. The number of nitrogens with two attached hydrogens (primary N) is 1. The SMILES string of the molecule is Nc1ccc(=O)n(Cc2nccs2)n1. The standard InChI is InChI=1S/C8H8N4OS/c9-6-1-2-8(13)12(11-6)5-7-10-3-4-14-7/h1-4H,5H2,(H2,9,11). The predicted octanol–water partition coefficient (Wildman–Crippen LogP) is 0.330. The quantitative estimate of drug-likeness (QED) is 0.771. The molecule has 6 heteroatoms. The maximum absolute atomic E-state index is 11.3. The third-order valence-electron chi connectivity index (χ3n) is 1.66. The Labute approximate surface area is 83.8 Å². The summed E-state index contributed by atoms with van der Waals surface area (Å²) >= 11 is 1.48. The van der Waals surface area contributed by atoms with E-state index >= 15 is 0 Å². The van der Waals surface area contributed by atoms with Crippen LogP contribution in [0.5, 0.6) is 0 Å². The summed E-state index contributed by atoms with van der Waals surface area (Å²) in [5.74, 6) is 0.334. The van der Waals surface area contributed by atoms with Crippen molar-refractivity contribution in [2.24, 2.45) is 0 Å². The lowest BCUT2D eigenvalue weighted by Crippen LogP contribution is -2.23. The molecule has 0 aliphatic carbocycles. The van der Waals surface area contributed by atoms with Gasteiger partial charge < -0.3 is 5.73 Å². The highest BCUT2D eigenvalue weighted by atomic mass is 32.1. The van der Waals surface area contributed by atoms with Gasteiger partial charge in [-0.1, -0.05) is 0 Å². The van der Waals surface area contributed by atoms with Crippen LogP contribution in [0.15, 0.2) is 28.5 Å². The molecule has 72 valence electrons. The maximum atomic E-state index is 11.3. The van der Waals surface area contributed by atoms with Crippen LogP contribution in [0.1, 0.15) is 5.01 Å². The lowest BCUT2D eigenvalue weighted by atomic mass is 10.5. The highest BCUT2D eigenvalue weighted by Crippen LogP contribution is 2.04. The summed E-state index contributed by atoms with van der Waals surface area (Å²) < 4.78 is 1.30. The van der Waals surface area contributed by atoms with Crippen LogP contribution in [-0.2, 0) is 6.54 Å². The minimum absolute atomic E-state index is 0.172. The molecule has 0 aliphatic rings. The zero-order valence-corrected chi connectivity index (χ0v) is 8.07. The molecule has 0 fully saturated rings. The molecule has 14 heavy (non-hydrogen) atoms. The number of hydrogen-bond donors (Lipinski definition) is 1. The van der Waals surface area contributed by atoms with Crippen LogP contribution in [-0.4, -0.2) is 14.8 Å². The number of aromatic nitrogens is 3. The highest BCUT2D eigenvalue weighted by Gasteiger charge is 2.01.